The van der Waals surface area contributed by atoms with E-state index in [2.05, 4.69) is 26.2 Å². The molecule has 1 fully saturated rings. The zero-order chi connectivity index (χ0) is 13.4. The molecule has 0 aliphatic heterocycles. The van der Waals surface area contributed by atoms with Crippen LogP contribution in [0.5, 0.6) is 0 Å². The van der Waals surface area contributed by atoms with Crippen LogP contribution in [0.4, 0.5) is 13.2 Å². The Balaban J connectivity index is 2.08. The summed E-state index contributed by atoms with van der Waals surface area (Å²) in [5, 5.41) is 3.39. The summed E-state index contributed by atoms with van der Waals surface area (Å²) < 4.78 is 36.9. The maximum atomic E-state index is 12.3. The Morgan fingerprint density at radius 2 is 2.11 bits per heavy atom. The lowest BCUT2D eigenvalue weighted by atomic mass is 10.2. The van der Waals surface area contributed by atoms with Crippen molar-refractivity contribution >= 4 is 21.8 Å². The van der Waals surface area contributed by atoms with Crippen molar-refractivity contribution in [3.63, 3.8) is 0 Å². The molecule has 1 N–H and O–H groups in total. The van der Waals surface area contributed by atoms with Gasteiger partial charge in [-0.1, -0.05) is 15.9 Å². The van der Waals surface area contributed by atoms with Crippen LogP contribution in [0, 0.1) is 0 Å². The van der Waals surface area contributed by atoms with Crippen LogP contribution < -0.4 is 5.32 Å². The number of hydrogen-bond acceptors (Lipinski definition) is 2. The minimum Gasteiger partial charge on any atom is -0.344 e. The number of pyridine rings is 1. The third-order valence-corrected chi connectivity index (χ3v) is 3.88. The van der Waals surface area contributed by atoms with E-state index in [1.807, 2.05) is 0 Å². The van der Waals surface area contributed by atoms with Crippen LogP contribution in [-0.4, -0.2) is 21.8 Å². The Labute approximate surface area is 110 Å². The van der Waals surface area contributed by atoms with Gasteiger partial charge in [0.05, 0.1) is 11.1 Å². The van der Waals surface area contributed by atoms with Crippen molar-refractivity contribution in [3.8, 4) is 0 Å². The van der Waals surface area contributed by atoms with E-state index in [9.17, 15) is 18.0 Å². The smallest absolute Gasteiger partial charge is 0.344 e. The first-order chi connectivity index (χ1) is 8.36. The predicted molar refractivity (Wildman–Crippen MR) is 62.5 cm³/mol. The SMILES string of the molecule is O=C(NC1(CBr)CC1)c1ccc(C(F)(F)F)cn1. The van der Waals surface area contributed by atoms with E-state index in [0.29, 0.717) is 11.5 Å². The second kappa shape index (κ2) is 4.53. The Morgan fingerprint density at radius 3 is 2.50 bits per heavy atom. The number of halogens is 4. The molecule has 98 valence electrons. The van der Waals surface area contributed by atoms with E-state index in [1.165, 1.54) is 0 Å². The number of carbonyl (C=O) groups is 1. The van der Waals surface area contributed by atoms with Crippen molar-refractivity contribution in [2.45, 2.75) is 24.6 Å². The van der Waals surface area contributed by atoms with Gasteiger partial charge in [-0.25, -0.2) is 0 Å². The number of nitrogens with one attached hydrogen (secondary N) is 1. The van der Waals surface area contributed by atoms with Crippen molar-refractivity contribution in [1.29, 1.82) is 0 Å². The molecule has 0 spiro atoms. The summed E-state index contributed by atoms with van der Waals surface area (Å²) in [5.74, 6) is -0.444. The molecule has 1 aliphatic rings. The highest BCUT2D eigenvalue weighted by Gasteiger charge is 2.43. The van der Waals surface area contributed by atoms with Crippen LogP contribution in [0.25, 0.3) is 0 Å². The van der Waals surface area contributed by atoms with Gasteiger partial charge in [0.1, 0.15) is 5.69 Å². The van der Waals surface area contributed by atoms with Crippen molar-refractivity contribution < 1.29 is 18.0 Å². The molecule has 1 heterocycles. The van der Waals surface area contributed by atoms with Crippen LogP contribution in [0.15, 0.2) is 18.3 Å². The Bertz CT molecular complexity index is 454. The zero-order valence-corrected chi connectivity index (χ0v) is 10.8. The number of amides is 1. The van der Waals surface area contributed by atoms with E-state index >= 15 is 0 Å². The molecule has 0 aromatic carbocycles. The standard InChI is InChI=1S/C11H10BrF3N2O/c12-6-10(3-4-10)17-9(18)8-2-1-7(5-16-8)11(13,14)15/h1-2,5H,3-4,6H2,(H,17,18). The molecule has 3 nitrogen and oxygen atoms in total. The topological polar surface area (TPSA) is 42.0 Å². The maximum Gasteiger partial charge on any atom is 0.417 e. The summed E-state index contributed by atoms with van der Waals surface area (Å²) in [6.07, 6.45) is -2.03. The fraction of sp³-hybridized carbons (Fsp3) is 0.455. The van der Waals surface area contributed by atoms with Gasteiger partial charge in [0.25, 0.3) is 5.91 Å². The summed E-state index contributed by atoms with van der Waals surface area (Å²) in [6.45, 7) is 0. The summed E-state index contributed by atoms with van der Waals surface area (Å²) in [7, 11) is 0. The van der Waals surface area contributed by atoms with Crippen molar-refractivity contribution in [2.75, 3.05) is 5.33 Å². The number of alkyl halides is 4. The van der Waals surface area contributed by atoms with Crippen molar-refractivity contribution in [1.82, 2.24) is 10.3 Å². The summed E-state index contributed by atoms with van der Waals surface area (Å²) in [6, 6.07) is 1.94. The lowest BCUT2D eigenvalue weighted by Gasteiger charge is -2.14. The van der Waals surface area contributed by atoms with E-state index in [0.717, 1.165) is 25.0 Å². The minimum absolute atomic E-state index is 0.00442. The Kier molecular flexibility index (Phi) is 3.35. The lowest BCUT2D eigenvalue weighted by Crippen LogP contribution is -2.38. The van der Waals surface area contributed by atoms with Gasteiger partial charge in [-0.15, -0.1) is 0 Å². The maximum absolute atomic E-state index is 12.3. The molecule has 0 radical (unpaired) electrons. The number of rotatable bonds is 3. The third-order valence-electron chi connectivity index (χ3n) is 2.81. The molecule has 0 atom stereocenters. The van der Waals surface area contributed by atoms with Gasteiger partial charge in [0, 0.05) is 11.5 Å². The largest absolute Gasteiger partial charge is 0.417 e. The Hall–Kier alpha value is -1.11. The molecular weight excluding hydrogens is 313 g/mol. The van der Waals surface area contributed by atoms with Gasteiger partial charge in [-0.2, -0.15) is 13.2 Å². The molecule has 0 saturated heterocycles. The quantitative estimate of drug-likeness (QED) is 0.869. The summed E-state index contributed by atoms with van der Waals surface area (Å²) >= 11 is 3.29. The molecule has 1 saturated carbocycles. The van der Waals surface area contributed by atoms with Gasteiger partial charge < -0.3 is 5.32 Å². The molecule has 1 aliphatic carbocycles. The molecule has 7 heteroatoms. The van der Waals surface area contributed by atoms with E-state index < -0.39 is 17.6 Å². The molecule has 2 rings (SSSR count). The highest BCUT2D eigenvalue weighted by atomic mass is 79.9. The fourth-order valence-electron chi connectivity index (χ4n) is 1.44. The first-order valence-corrected chi connectivity index (χ1v) is 6.40. The van der Waals surface area contributed by atoms with Gasteiger partial charge >= 0.3 is 6.18 Å². The number of nitrogens with zero attached hydrogens (tertiary/aromatic N) is 1. The average molecular weight is 323 g/mol. The number of aromatic nitrogens is 1. The fourth-order valence-corrected chi connectivity index (χ4v) is 2.14. The molecule has 1 aromatic heterocycles. The average Bonchev–Trinajstić information content (AvgIpc) is 3.08. The first-order valence-electron chi connectivity index (χ1n) is 5.28. The lowest BCUT2D eigenvalue weighted by molar-refractivity contribution is -0.137. The van der Waals surface area contributed by atoms with Crippen molar-refractivity contribution in [3.05, 3.63) is 29.6 Å². The first kappa shape index (κ1) is 13.3. The van der Waals surface area contributed by atoms with Crippen LogP contribution >= 0.6 is 15.9 Å². The number of hydrogen-bond donors (Lipinski definition) is 1. The zero-order valence-electron chi connectivity index (χ0n) is 9.22. The molecule has 18 heavy (non-hydrogen) atoms. The molecule has 0 unspecified atom stereocenters. The van der Waals surface area contributed by atoms with Gasteiger partial charge in [-0.3, -0.25) is 9.78 Å². The second-order valence-corrected chi connectivity index (χ2v) is 4.86. The van der Waals surface area contributed by atoms with E-state index in [-0.39, 0.29) is 11.2 Å². The molecule has 0 bridgehead atoms. The van der Waals surface area contributed by atoms with Crippen LogP contribution in [0.3, 0.4) is 0 Å². The van der Waals surface area contributed by atoms with E-state index in [1.54, 1.807) is 0 Å². The molecule has 1 aromatic rings. The molecule has 1 amide bonds. The number of carbonyl (C=O) groups excluding carboxylic acids is 1. The highest BCUT2D eigenvalue weighted by Crippen LogP contribution is 2.37. The van der Waals surface area contributed by atoms with Crippen LogP contribution in [-0.2, 0) is 6.18 Å². The van der Waals surface area contributed by atoms with Crippen LogP contribution in [0.2, 0.25) is 0 Å². The summed E-state index contributed by atoms with van der Waals surface area (Å²) in [4.78, 5) is 15.3. The van der Waals surface area contributed by atoms with Gasteiger partial charge in [-0.05, 0) is 25.0 Å². The van der Waals surface area contributed by atoms with Crippen LogP contribution in [0.1, 0.15) is 28.9 Å². The van der Waals surface area contributed by atoms with Crippen molar-refractivity contribution in [2.24, 2.45) is 0 Å². The monoisotopic (exact) mass is 322 g/mol. The van der Waals surface area contributed by atoms with Gasteiger partial charge in [0.2, 0.25) is 0 Å². The third kappa shape index (κ3) is 2.82. The molecular formula is C11H10BrF3N2O. The normalized spacial score (nSPS) is 17.3. The predicted octanol–water partition coefficient (Wildman–Crippen LogP) is 2.76. The highest BCUT2D eigenvalue weighted by molar-refractivity contribution is 9.09. The second-order valence-electron chi connectivity index (χ2n) is 4.30. The Morgan fingerprint density at radius 1 is 1.44 bits per heavy atom. The van der Waals surface area contributed by atoms with E-state index in [4.69, 9.17) is 0 Å². The van der Waals surface area contributed by atoms with Gasteiger partial charge in [0.15, 0.2) is 0 Å². The summed E-state index contributed by atoms with van der Waals surface area (Å²) in [5.41, 5.74) is -1.11. The minimum atomic E-state index is -4.43.